The van der Waals surface area contributed by atoms with Crippen LogP contribution in [-0.4, -0.2) is 57.2 Å². The van der Waals surface area contributed by atoms with E-state index in [0.29, 0.717) is 18.8 Å². The van der Waals surface area contributed by atoms with Gasteiger partial charge in [-0.2, -0.15) is 0 Å². The van der Waals surface area contributed by atoms with E-state index in [-0.39, 0.29) is 6.61 Å². The van der Waals surface area contributed by atoms with Crippen LogP contribution in [0.1, 0.15) is 48.0 Å². The first-order chi connectivity index (χ1) is 15.3. The molecule has 0 bridgehead atoms. The fourth-order valence-corrected chi connectivity index (χ4v) is 2.73. The minimum absolute atomic E-state index is 0.194. The van der Waals surface area contributed by atoms with Crippen LogP contribution in [0, 0.1) is 0 Å². The number of aromatic nitrogens is 2. The monoisotopic (exact) mass is 461 g/mol. The molecular weight excluding hydrogens is 426 g/mol. The van der Waals surface area contributed by atoms with E-state index >= 15 is 0 Å². The van der Waals surface area contributed by atoms with Crippen molar-refractivity contribution in [1.82, 2.24) is 14.9 Å². The normalized spacial score (nSPS) is 12.7. The molecule has 33 heavy (non-hydrogen) atoms. The number of hydrogen-bond acceptors (Lipinski definition) is 7. The third kappa shape index (κ3) is 9.95. The maximum Gasteiger partial charge on any atom is 0.407 e. The number of aliphatic hydroxyl groups excluding tert-OH is 1. The summed E-state index contributed by atoms with van der Waals surface area (Å²) in [6.07, 6.45) is 2.63. The zero-order valence-corrected chi connectivity index (χ0v) is 20.3. The van der Waals surface area contributed by atoms with Gasteiger partial charge >= 0.3 is 12.1 Å². The Balaban J connectivity index is 1.78. The van der Waals surface area contributed by atoms with Gasteiger partial charge in [0.15, 0.2) is 6.10 Å². The van der Waals surface area contributed by atoms with Crippen LogP contribution in [-0.2, 0) is 20.8 Å². The van der Waals surface area contributed by atoms with Gasteiger partial charge in [-0.05, 0) is 72.2 Å². The number of esters is 1. The van der Waals surface area contributed by atoms with Crippen molar-refractivity contribution < 1.29 is 28.9 Å². The maximum absolute atomic E-state index is 11.8. The molecule has 0 unspecified atom stereocenters. The molecule has 0 aliphatic heterocycles. The standard InChI is InChI=1S/C24H35N3O6/c1-23(2,3)32-21(29)20(28)15-31-18-10-8-17(9-11-18)19-14-27(16-26-19)13-7-12-25-22(30)33-24(4,5)6/h8-11,14,16,20,28H,7,12-13,15H2,1-6H3,(H,25,30)/t20-/m1/s1. The van der Waals surface area contributed by atoms with Crippen LogP contribution >= 0.6 is 0 Å². The smallest absolute Gasteiger partial charge is 0.407 e. The Morgan fingerprint density at radius 2 is 1.70 bits per heavy atom. The highest BCUT2D eigenvalue weighted by molar-refractivity contribution is 5.75. The number of carbonyl (C=O) groups is 2. The molecule has 0 radical (unpaired) electrons. The molecule has 1 aromatic heterocycles. The Labute approximate surface area is 195 Å². The van der Waals surface area contributed by atoms with E-state index < -0.39 is 29.4 Å². The predicted octanol–water partition coefficient (Wildman–Crippen LogP) is 3.55. The van der Waals surface area contributed by atoms with Gasteiger partial charge in [-0.3, -0.25) is 0 Å². The minimum atomic E-state index is -1.36. The molecular formula is C24H35N3O6. The molecule has 182 valence electrons. The molecule has 1 aromatic carbocycles. The lowest BCUT2D eigenvalue weighted by Gasteiger charge is -2.21. The number of benzene rings is 1. The molecule has 9 heteroatoms. The van der Waals surface area contributed by atoms with Gasteiger partial charge in [0.2, 0.25) is 0 Å². The Morgan fingerprint density at radius 3 is 2.30 bits per heavy atom. The van der Waals surface area contributed by atoms with E-state index in [1.807, 2.05) is 43.7 Å². The summed E-state index contributed by atoms with van der Waals surface area (Å²) in [7, 11) is 0. The van der Waals surface area contributed by atoms with Gasteiger partial charge in [-0.25, -0.2) is 14.6 Å². The third-order valence-electron chi connectivity index (χ3n) is 4.13. The lowest BCUT2D eigenvalue weighted by Crippen LogP contribution is -2.35. The van der Waals surface area contributed by atoms with Crippen LogP contribution in [0.3, 0.4) is 0 Å². The number of aryl methyl sites for hydroxylation is 1. The second-order valence-electron chi connectivity index (χ2n) is 9.66. The van der Waals surface area contributed by atoms with Crippen LogP contribution in [0.2, 0.25) is 0 Å². The first kappa shape index (κ1) is 26.2. The second kappa shape index (κ2) is 11.2. The quantitative estimate of drug-likeness (QED) is 0.434. The highest BCUT2D eigenvalue weighted by Crippen LogP contribution is 2.21. The summed E-state index contributed by atoms with van der Waals surface area (Å²) in [5, 5.41) is 12.6. The summed E-state index contributed by atoms with van der Waals surface area (Å²) in [6.45, 7) is 11.7. The van der Waals surface area contributed by atoms with E-state index in [1.54, 1.807) is 39.2 Å². The SMILES string of the molecule is CC(C)(C)OC(=O)NCCCn1cnc(-c2ccc(OC[C@@H](O)C(=O)OC(C)(C)C)cc2)c1. The van der Waals surface area contributed by atoms with Gasteiger partial charge in [0.25, 0.3) is 0 Å². The van der Waals surface area contributed by atoms with E-state index in [0.717, 1.165) is 17.7 Å². The Bertz CT molecular complexity index is 910. The zero-order valence-electron chi connectivity index (χ0n) is 20.3. The number of nitrogens with one attached hydrogen (secondary N) is 1. The zero-order chi connectivity index (χ0) is 24.6. The van der Waals surface area contributed by atoms with Crippen LogP contribution in [0.4, 0.5) is 4.79 Å². The molecule has 0 saturated heterocycles. The first-order valence-corrected chi connectivity index (χ1v) is 11.0. The molecule has 2 N–H and O–H groups in total. The molecule has 9 nitrogen and oxygen atoms in total. The Hall–Kier alpha value is -3.07. The van der Waals surface area contributed by atoms with E-state index in [1.165, 1.54) is 0 Å². The molecule has 0 aliphatic carbocycles. The van der Waals surface area contributed by atoms with Gasteiger partial charge in [0.1, 0.15) is 23.6 Å². The fourth-order valence-electron chi connectivity index (χ4n) is 2.73. The minimum Gasteiger partial charge on any atom is -0.490 e. The number of imidazole rings is 1. The summed E-state index contributed by atoms with van der Waals surface area (Å²) in [5.74, 6) is -0.194. The van der Waals surface area contributed by atoms with Gasteiger partial charge in [0, 0.05) is 24.8 Å². The molecule has 2 rings (SSSR count). The summed E-state index contributed by atoms with van der Waals surface area (Å²) in [4.78, 5) is 27.9. The van der Waals surface area contributed by atoms with Crippen LogP contribution in [0.5, 0.6) is 5.75 Å². The van der Waals surface area contributed by atoms with E-state index in [4.69, 9.17) is 14.2 Å². The number of carbonyl (C=O) groups excluding carboxylic acids is 2. The predicted molar refractivity (Wildman–Crippen MR) is 124 cm³/mol. The van der Waals surface area contributed by atoms with Crippen molar-refractivity contribution in [1.29, 1.82) is 0 Å². The van der Waals surface area contributed by atoms with Crippen molar-refractivity contribution in [2.24, 2.45) is 0 Å². The number of aliphatic hydroxyl groups is 1. The molecule has 2 aromatic rings. The Kier molecular flexibility index (Phi) is 8.87. The second-order valence-corrected chi connectivity index (χ2v) is 9.66. The van der Waals surface area contributed by atoms with Crippen molar-refractivity contribution in [3.05, 3.63) is 36.8 Å². The van der Waals surface area contributed by atoms with Gasteiger partial charge < -0.3 is 29.2 Å². The number of alkyl carbamates (subject to hydrolysis) is 1. The number of rotatable bonds is 9. The van der Waals surface area contributed by atoms with E-state index in [9.17, 15) is 14.7 Å². The van der Waals surface area contributed by atoms with Crippen molar-refractivity contribution in [2.75, 3.05) is 13.2 Å². The lowest BCUT2D eigenvalue weighted by molar-refractivity contribution is -0.166. The summed E-state index contributed by atoms with van der Waals surface area (Å²) in [6, 6.07) is 7.21. The van der Waals surface area contributed by atoms with Crippen LogP contribution < -0.4 is 10.1 Å². The number of ether oxygens (including phenoxy) is 3. The highest BCUT2D eigenvalue weighted by Gasteiger charge is 2.23. The van der Waals surface area contributed by atoms with Gasteiger partial charge in [0.05, 0.1) is 12.0 Å². The molecule has 0 fully saturated rings. The molecule has 0 saturated carbocycles. The van der Waals surface area contributed by atoms with E-state index in [2.05, 4.69) is 10.3 Å². The molecule has 1 heterocycles. The third-order valence-corrected chi connectivity index (χ3v) is 4.13. The molecule has 1 amide bonds. The molecule has 1 atom stereocenters. The maximum atomic E-state index is 11.8. The van der Waals surface area contributed by atoms with Crippen molar-refractivity contribution in [3.63, 3.8) is 0 Å². The summed E-state index contributed by atoms with van der Waals surface area (Å²) >= 11 is 0. The topological polar surface area (TPSA) is 112 Å². The average molecular weight is 462 g/mol. The summed E-state index contributed by atoms with van der Waals surface area (Å²) in [5.41, 5.74) is 0.524. The number of nitrogens with zero attached hydrogens (tertiary/aromatic N) is 2. The highest BCUT2D eigenvalue weighted by atomic mass is 16.6. The van der Waals surface area contributed by atoms with Gasteiger partial charge in [-0.15, -0.1) is 0 Å². The van der Waals surface area contributed by atoms with Crippen LogP contribution in [0.25, 0.3) is 11.3 Å². The number of amides is 1. The van der Waals surface area contributed by atoms with Gasteiger partial charge in [-0.1, -0.05) is 0 Å². The summed E-state index contributed by atoms with van der Waals surface area (Å²) < 4.78 is 17.8. The lowest BCUT2D eigenvalue weighted by atomic mass is 10.1. The van der Waals surface area contributed by atoms with Crippen molar-refractivity contribution in [2.45, 2.75) is 71.8 Å². The average Bonchev–Trinajstić information content (AvgIpc) is 3.16. The van der Waals surface area contributed by atoms with Crippen molar-refractivity contribution in [3.8, 4) is 17.0 Å². The number of hydrogen-bond donors (Lipinski definition) is 2. The first-order valence-electron chi connectivity index (χ1n) is 11.0. The molecule has 0 aliphatic rings. The Morgan fingerprint density at radius 1 is 1.06 bits per heavy atom. The molecule has 0 spiro atoms. The fraction of sp³-hybridized carbons (Fsp3) is 0.542. The largest absolute Gasteiger partial charge is 0.490 e. The van der Waals surface area contributed by atoms with Crippen molar-refractivity contribution >= 4 is 12.1 Å². The van der Waals surface area contributed by atoms with Crippen LogP contribution in [0.15, 0.2) is 36.8 Å².